The molecular formula is C18H21NO2S. The highest BCUT2D eigenvalue weighted by Crippen LogP contribution is 2.26. The van der Waals surface area contributed by atoms with Crippen molar-refractivity contribution in [1.82, 2.24) is 5.32 Å². The van der Waals surface area contributed by atoms with E-state index >= 15 is 0 Å². The van der Waals surface area contributed by atoms with Gasteiger partial charge >= 0.3 is 0 Å². The number of hydrogen-bond donors (Lipinski definition) is 1. The lowest BCUT2D eigenvalue weighted by Gasteiger charge is -2.13. The lowest BCUT2D eigenvalue weighted by molar-refractivity contribution is -0.125. The summed E-state index contributed by atoms with van der Waals surface area (Å²) in [5.41, 5.74) is 1.13. The van der Waals surface area contributed by atoms with Gasteiger partial charge in [-0.25, -0.2) is 0 Å². The number of benzene rings is 1. The Kier molecular flexibility index (Phi) is 4.78. The minimum Gasteiger partial charge on any atom is -0.493 e. The van der Waals surface area contributed by atoms with Crippen molar-refractivity contribution in [3.8, 4) is 5.75 Å². The molecule has 4 heteroatoms. The molecule has 2 aromatic rings. The first-order valence-electron chi connectivity index (χ1n) is 7.76. The standard InChI is InChI=1S/C18H21NO2S/c1-13-6-7-16(22-13)8-10-19-18(20)15-9-11-21-17-5-3-2-4-14(17)12-15/h2-7,15H,8-12H2,1H3,(H,19,20)/t15-/m1/s1. The van der Waals surface area contributed by atoms with Crippen molar-refractivity contribution in [2.24, 2.45) is 5.92 Å². The summed E-state index contributed by atoms with van der Waals surface area (Å²) in [5.74, 6) is 1.08. The summed E-state index contributed by atoms with van der Waals surface area (Å²) in [6.07, 6.45) is 2.45. The lowest BCUT2D eigenvalue weighted by Crippen LogP contribution is -2.33. The highest BCUT2D eigenvalue weighted by atomic mass is 32.1. The molecule has 1 aromatic heterocycles. The highest BCUT2D eigenvalue weighted by molar-refractivity contribution is 7.11. The minimum atomic E-state index is 0.00808. The Balaban J connectivity index is 1.54. The predicted octanol–water partition coefficient (Wildman–Crippen LogP) is 3.36. The Morgan fingerprint density at radius 3 is 3.00 bits per heavy atom. The van der Waals surface area contributed by atoms with Crippen LogP contribution in [-0.4, -0.2) is 19.1 Å². The molecule has 1 atom stereocenters. The van der Waals surface area contributed by atoms with E-state index in [1.807, 2.05) is 18.2 Å². The van der Waals surface area contributed by atoms with Crippen molar-refractivity contribution < 1.29 is 9.53 Å². The zero-order chi connectivity index (χ0) is 15.4. The van der Waals surface area contributed by atoms with Gasteiger partial charge in [0, 0.05) is 22.2 Å². The van der Waals surface area contributed by atoms with Gasteiger partial charge in [-0.1, -0.05) is 18.2 Å². The molecule has 1 amide bonds. The Bertz CT molecular complexity index is 650. The summed E-state index contributed by atoms with van der Waals surface area (Å²) in [4.78, 5) is 15.0. The molecule has 3 rings (SSSR count). The molecule has 116 valence electrons. The number of rotatable bonds is 4. The number of para-hydroxylation sites is 1. The zero-order valence-corrected chi connectivity index (χ0v) is 13.6. The van der Waals surface area contributed by atoms with Crippen LogP contribution in [0.2, 0.25) is 0 Å². The topological polar surface area (TPSA) is 38.3 Å². The van der Waals surface area contributed by atoms with Gasteiger partial charge in [-0.15, -0.1) is 11.3 Å². The van der Waals surface area contributed by atoms with Crippen molar-refractivity contribution in [2.45, 2.75) is 26.2 Å². The van der Waals surface area contributed by atoms with Gasteiger partial charge in [-0.2, -0.15) is 0 Å². The quantitative estimate of drug-likeness (QED) is 0.939. The van der Waals surface area contributed by atoms with Gasteiger partial charge in [0.2, 0.25) is 5.91 Å². The van der Waals surface area contributed by atoms with E-state index < -0.39 is 0 Å². The van der Waals surface area contributed by atoms with Crippen molar-refractivity contribution in [3.05, 3.63) is 51.7 Å². The average Bonchev–Trinajstić information content (AvgIpc) is 2.81. The second-order valence-electron chi connectivity index (χ2n) is 5.70. The van der Waals surface area contributed by atoms with E-state index in [2.05, 4.69) is 30.4 Å². The monoisotopic (exact) mass is 315 g/mol. The van der Waals surface area contributed by atoms with Gasteiger partial charge in [-0.3, -0.25) is 4.79 Å². The van der Waals surface area contributed by atoms with E-state index in [0.717, 1.165) is 30.6 Å². The summed E-state index contributed by atoms with van der Waals surface area (Å²) in [6.45, 7) is 3.42. The first-order chi connectivity index (χ1) is 10.7. The summed E-state index contributed by atoms with van der Waals surface area (Å²) in [6, 6.07) is 12.3. The molecule has 22 heavy (non-hydrogen) atoms. The Hall–Kier alpha value is -1.81. The van der Waals surface area contributed by atoms with Gasteiger partial charge in [-0.05, 0) is 49.9 Å². The van der Waals surface area contributed by atoms with Crippen LogP contribution in [0.25, 0.3) is 0 Å². The van der Waals surface area contributed by atoms with E-state index in [1.54, 1.807) is 11.3 Å². The molecule has 0 bridgehead atoms. The fourth-order valence-corrected chi connectivity index (χ4v) is 3.68. The lowest BCUT2D eigenvalue weighted by atomic mass is 9.96. The third kappa shape index (κ3) is 3.69. The SMILES string of the molecule is Cc1ccc(CCNC(=O)[C@@H]2CCOc3ccccc3C2)s1. The molecule has 1 N–H and O–H groups in total. The fraction of sp³-hybridized carbons (Fsp3) is 0.389. The Morgan fingerprint density at radius 1 is 1.32 bits per heavy atom. The maximum absolute atomic E-state index is 12.4. The second-order valence-corrected chi connectivity index (χ2v) is 7.07. The maximum atomic E-state index is 12.4. The number of fused-ring (bicyclic) bond motifs is 1. The molecule has 0 fully saturated rings. The van der Waals surface area contributed by atoms with Gasteiger partial charge in [0.05, 0.1) is 6.61 Å². The fourth-order valence-electron chi connectivity index (χ4n) is 2.79. The van der Waals surface area contributed by atoms with Gasteiger partial charge in [0.15, 0.2) is 0 Å². The van der Waals surface area contributed by atoms with E-state index in [0.29, 0.717) is 13.2 Å². The van der Waals surface area contributed by atoms with E-state index in [4.69, 9.17) is 4.74 Å². The van der Waals surface area contributed by atoms with Crippen molar-refractivity contribution in [1.29, 1.82) is 0 Å². The molecule has 0 spiro atoms. The van der Waals surface area contributed by atoms with Crippen molar-refractivity contribution in [3.63, 3.8) is 0 Å². The number of carbonyl (C=O) groups is 1. The summed E-state index contributed by atoms with van der Waals surface area (Å²) >= 11 is 1.80. The van der Waals surface area contributed by atoms with E-state index in [-0.39, 0.29) is 11.8 Å². The number of amides is 1. The molecule has 3 nitrogen and oxygen atoms in total. The molecular weight excluding hydrogens is 294 g/mol. The summed E-state index contributed by atoms with van der Waals surface area (Å²) < 4.78 is 5.73. The zero-order valence-electron chi connectivity index (χ0n) is 12.8. The Labute approximate surface area is 135 Å². The summed E-state index contributed by atoms with van der Waals surface area (Å²) in [5, 5.41) is 3.08. The number of thiophene rings is 1. The van der Waals surface area contributed by atoms with Gasteiger partial charge in [0.1, 0.15) is 5.75 Å². The van der Waals surface area contributed by atoms with Crippen LogP contribution < -0.4 is 10.1 Å². The van der Waals surface area contributed by atoms with Crippen LogP contribution in [0, 0.1) is 12.8 Å². The van der Waals surface area contributed by atoms with E-state index in [1.165, 1.54) is 9.75 Å². The summed E-state index contributed by atoms with van der Waals surface area (Å²) in [7, 11) is 0. The molecule has 0 unspecified atom stereocenters. The van der Waals surface area contributed by atoms with Crippen LogP contribution in [-0.2, 0) is 17.6 Å². The molecule has 0 radical (unpaired) electrons. The predicted molar refractivity (Wildman–Crippen MR) is 89.5 cm³/mol. The van der Waals surface area contributed by atoms with Gasteiger partial charge < -0.3 is 10.1 Å². The minimum absolute atomic E-state index is 0.00808. The van der Waals surface area contributed by atoms with Crippen molar-refractivity contribution in [2.75, 3.05) is 13.2 Å². The van der Waals surface area contributed by atoms with E-state index in [9.17, 15) is 4.79 Å². The van der Waals surface area contributed by atoms with Crippen LogP contribution in [0.15, 0.2) is 36.4 Å². The first kappa shape index (κ1) is 15.1. The first-order valence-corrected chi connectivity index (χ1v) is 8.58. The maximum Gasteiger partial charge on any atom is 0.223 e. The molecule has 0 aliphatic carbocycles. The number of aryl methyl sites for hydroxylation is 1. The number of ether oxygens (including phenoxy) is 1. The molecule has 1 aliphatic rings. The van der Waals surface area contributed by atoms with Crippen LogP contribution >= 0.6 is 11.3 Å². The number of nitrogens with one attached hydrogen (secondary N) is 1. The highest BCUT2D eigenvalue weighted by Gasteiger charge is 2.23. The normalized spacial score (nSPS) is 17.2. The van der Waals surface area contributed by atoms with Gasteiger partial charge in [0.25, 0.3) is 0 Å². The third-order valence-corrected chi connectivity index (χ3v) is 5.06. The van der Waals surface area contributed by atoms with Crippen molar-refractivity contribution >= 4 is 17.2 Å². The third-order valence-electron chi connectivity index (χ3n) is 4.00. The largest absolute Gasteiger partial charge is 0.493 e. The van der Waals surface area contributed by atoms with Crippen LogP contribution in [0.4, 0.5) is 0 Å². The molecule has 0 saturated carbocycles. The molecule has 1 aromatic carbocycles. The molecule has 2 heterocycles. The van der Waals surface area contributed by atoms with Crippen LogP contribution in [0.3, 0.4) is 0 Å². The smallest absolute Gasteiger partial charge is 0.223 e. The number of hydrogen-bond acceptors (Lipinski definition) is 3. The number of carbonyl (C=O) groups excluding carboxylic acids is 1. The molecule has 1 aliphatic heterocycles. The van der Waals surface area contributed by atoms with Crippen LogP contribution in [0.1, 0.15) is 21.7 Å². The van der Waals surface area contributed by atoms with Crippen LogP contribution in [0.5, 0.6) is 5.75 Å². The second kappa shape index (κ2) is 6.97. The Morgan fingerprint density at radius 2 is 2.18 bits per heavy atom. The average molecular weight is 315 g/mol. The molecule has 0 saturated heterocycles.